The van der Waals surface area contributed by atoms with Gasteiger partial charge in [0.15, 0.2) is 0 Å². The van der Waals surface area contributed by atoms with Gasteiger partial charge in [-0.25, -0.2) is 4.79 Å². The van der Waals surface area contributed by atoms with Crippen molar-refractivity contribution in [3.05, 3.63) is 35.6 Å². The van der Waals surface area contributed by atoms with Crippen molar-refractivity contribution in [2.75, 3.05) is 25.6 Å². The van der Waals surface area contributed by atoms with Crippen molar-refractivity contribution >= 4 is 23.3 Å². The molecule has 1 aliphatic carbocycles. The Labute approximate surface area is 187 Å². The van der Waals surface area contributed by atoms with Gasteiger partial charge in [0, 0.05) is 18.8 Å². The normalized spacial score (nSPS) is 25.7. The molecule has 8 nitrogen and oxygen atoms in total. The zero-order chi connectivity index (χ0) is 22.0. The summed E-state index contributed by atoms with van der Waals surface area (Å²) in [4.78, 5) is 16.9. The standard InChI is InChI=1S/C22H30ClN5O3/c1-4-20(31-10-9-30-3)22-13-15(2)11-17(14-22)27(22)21(29)26-16-5-6-18(23)19(12-16)28-24-7-8-25-28/h5-8,12,15,17,20H,4,9-11,13-14H2,1-3H3,(H,26,29)/t15-,17-,20?,22?/m1/s1. The maximum atomic E-state index is 13.4. The fourth-order valence-corrected chi connectivity index (χ4v) is 5.54. The lowest BCUT2D eigenvalue weighted by Crippen LogP contribution is -2.76. The second kappa shape index (κ2) is 9.14. The first-order valence-corrected chi connectivity index (χ1v) is 11.2. The van der Waals surface area contributed by atoms with Crippen molar-refractivity contribution in [2.24, 2.45) is 5.92 Å². The number of carbonyl (C=O) groups is 1. The van der Waals surface area contributed by atoms with Gasteiger partial charge >= 0.3 is 6.03 Å². The lowest BCUT2D eigenvalue weighted by molar-refractivity contribution is -0.173. The Balaban J connectivity index is 1.54. The van der Waals surface area contributed by atoms with Gasteiger partial charge in [-0.1, -0.05) is 25.4 Å². The molecular formula is C22H30ClN5O3. The minimum atomic E-state index is -0.270. The molecule has 31 heavy (non-hydrogen) atoms. The predicted molar refractivity (Wildman–Crippen MR) is 119 cm³/mol. The fourth-order valence-electron chi connectivity index (χ4n) is 5.35. The molecular weight excluding hydrogens is 418 g/mol. The number of hydrogen-bond donors (Lipinski definition) is 1. The summed E-state index contributed by atoms with van der Waals surface area (Å²) in [6.07, 6.45) is 6.96. The number of anilines is 1. The maximum absolute atomic E-state index is 13.4. The minimum absolute atomic E-state index is 0.0125. The Kier molecular flexibility index (Phi) is 6.50. The van der Waals surface area contributed by atoms with Gasteiger partial charge in [-0.3, -0.25) is 0 Å². The molecule has 1 saturated carbocycles. The van der Waals surface area contributed by atoms with Gasteiger partial charge in [0.05, 0.1) is 42.3 Å². The van der Waals surface area contributed by atoms with Crippen LogP contribution in [0.5, 0.6) is 0 Å². The molecule has 168 valence electrons. The molecule has 1 saturated heterocycles. The highest BCUT2D eigenvalue weighted by atomic mass is 35.5. The van der Waals surface area contributed by atoms with Crippen LogP contribution in [0.2, 0.25) is 5.02 Å². The Morgan fingerprint density at radius 1 is 1.32 bits per heavy atom. The summed E-state index contributed by atoms with van der Waals surface area (Å²) >= 11 is 6.31. The van der Waals surface area contributed by atoms with Crippen LogP contribution in [0.4, 0.5) is 10.5 Å². The molecule has 2 aromatic rings. The first-order valence-electron chi connectivity index (χ1n) is 10.9. The number of carbonyl (C=O) groups excluding carboxylic acids is 1. The number of ether oxygens (including phenoxy) is 2. The maximum Gasteiger partial charge on any atom is 0.322 e. The van der Waals surface area contributed by atoms with E-state index in [4.69, 9.17) is 21.1 Å². The number of halogens is 1. The third-order valence-electron chi connectivity index (χ3n) is 6.44. The zero-order valence-electron chi connectivity index (χ0n) is 18.3. The van der Waals surface area contributed by atoms with E-state index in [1.807, 2.05) is 4.90 Å². The van der Waals surface area contributed by atoms with Crippen molar-refractivity contribution in [2.45, 2.75) is 57.2 Å². The van der Waals surface area contributed by atoms with Gasteiger partial charge in [-0.05, 0) is 49.8 Å². The van der Waals surface area contributed by atoms with E-state index in [0.717, 1.165) is 25.7 Å². The molecule has 2 bridgehead atoms. The molecule has 1 aliphatic heterocycles. The molecule has 1 aromatic heterocycles. The highest BCUT2D eigenvalue weighted by Gasteiger charge is 2.61. The average Bonchev–Trinajstić information content (AvgIpc) is 3.26. The van der Waals surface area contributed by atoms with E-state index in [2.05, 4.69) is 29.4 Å². The van der Waals surface area contributed by atoms with Crippen LogP contribution in [0, 0.1) is 5.92 Å². The van der Waals surface area contributed by atoms with Crippen molar-refractivity contribution in [3.63, 3.8) is 0 Å². The molecule has 9 heteroatoms. The summed E-state index contributed by atoms with van der Waals surface area (Å²) in [6, 6.07) is 5.47. The highest BCUT2D eigenvalue weighted by molar-refractivity contribution is 6.32. The number of methoxy groups -OCH3 is 1. The summed E-state index contributed by atoms with van der Waals surface area (Å²) in [5.41, 5.74) is 1.00. The number of benzene rings is 1. The summed E-state index contributed by atoms with van der Waals surface area (Å²) in [5, 5.41) is 11.9. The largest absolute Gasteiger partial charge is 0.382 e. The molecule has 4 rings (SSSR count). The number of amides is 2. The lowest BCUT2D eigenvalue weighted by Gasteiger charge is -2.65. The smallest absolute Gasteiger partial charge is 0.322 e. The minimum Gasteiger partial charge on any atom is -0.382 e. The third kappa shape index (κ3) is 4.16. The number of fused-ring (bicyclic) bond motifs is 2. The molecule has 1 N–H and O–H groups in total. The van der Waals surface area contributed by atoms with Gasteiger partial charge in [-0.2, -0.15) is 15.0 Å². The quantitative estimate of drug-likeness (QED) is 0.615. The Bertz CT molecular complexity index is 909. The molecule has 0 spiro atoms. The van der Waals surface area contributed by atoms with E-state index < -0.39 is 0 Å². The topological polar surface area (TPSA) is 81.5 Å². The van der Waals surface area contributed by atoms with Crippen LogP contribution in [0.25, 0.3) is 5.69 Å². The second-order valence-electron chi connectivity index (χ2n) is 8.55. The number of nitrogens with zero attached hydrogens (tertiary/aromatic N) is 4. The SMILES string of the molecule is CCC(OCCOC)C12C[C@H](C)C[C@H](C1)N2C(=O)Nc1ccc(Cl)c(-n2nccn2)c1. The molecule has 2 unspecified atom stereocenters. The lowest BCUT2D eigenvalue weighted by atomic mass is 9.61. The zero-order valence-corrected chi connectivity index (χ0v) is 19.0. The summed E-state index contributed by atoms with van der Waals surface area (Å²) in [7, 11) is 1.67. The number of aromatic nitrogens is 3. The van der Waals surface area contributed by atoms with Gasteiger partial charge in [-0.15, -0.1) is 0 Å². The molecule has 2 fully saturated rings. The number of urea groups is 1. The van der Waals surface area contributed by atoms with Crippen molar-refractivity contribution in [1.82, 2.24) is 19.9 Å². The number of hydrogen-bond acceptors (Lipinski definition) is 5. The van der Waals surface area contributed by atoms with Crippen molar-refractivity contribution < 1.29 is 14.3 Å². The van der Waals surface area contributed by atoms with E-state index in [1.165, 1.54) is 4.80 Å². The number of piperidine rings is 1. The summed E-state index contributed by atoms with van der Waals surface area (Å²) in [6.45, 7) is 5.47. The van der Waals surface area contributed by atoms with Gasteiger partial charge in [0.2, 0.25) is 0 Å². The summed E-state index contributed by atoms with van der Waals surface area (Å²) in [5.74, 6) is 0.566. The highest BCUT2D eigenvalue weighted by Crippen LogP contribution is 2.53. The van der Waals surface area contributed by atoms with Gasteiger partial charge in [0.25, 0.3) is 0 Å². The van der Waals surface area contributed by atoms with E-state index in [1.54, 1.807) is 37.7 Å². The number of likely N-dealkylation sites (tertiary alicyclic amines) is 1. The summed E-state index contributed by atoms with van der Waals surface area (Å²) < 4.78 is 11.3. The first-order chi connectivity index (χ1) is 15.0. The van der Waals surface area contributed by atoms with Crippen LogP contribution >= 0.6 is 11.6 Å². The average molecular weight is 448 g/mol. The second-order valence-corrected chi connectivity index (χ2v) is 8.96. The van der Waals surface area contributed by atoms with Crippen LogP contribution in [-0.4, -0.2) is 63.9 Å². The van der Waals surface area contributed by atoms with Gasteiger partial charge < -0.3 is 19.7 Å². The Morgan fingerprint density at radius 3 is 2.81 bits per heavy atom. The fraction of sp³-hybridized carbons (Fsp3) is 0.591. The van der Waals surface area contributed by atoms with Crippen molar-refractivity contribution in [1.29, 1.82) is 0 Å². The molecule has 4 atom stereocenters. The Morgan fingerprint density at radius 2 is 2.10 bits per heavy atom. The number of nitrogens with one attached hydrogen (secondary N) is 1. The number of rotatable bonds is 8. The molecule has 0 radical (unpaired) electrons. The van der Waals surface area contributed by atoms with Crippen LogP contribution in [0.15, 0.2) is 30.6 Å². The van der Waals surface area contributed by atoms with E-state index in [0.29, 0.717) is 35.5 Å². The van der Waals surface area contributed by atoms with Crippen LogP contribution in [0.3, 0.4) is 0 Å². The van der Waals surface area contributed by atoms with E-state index in [9.17, 15) is 4.79 Å². The monoisotopic (exact) mass is 447 g/mol. The Hall–Kier alpha value is -2.16. The van der Waals surface area contributed by atoms with Crippen LogP contribution in [-0.2, 0) is 9.47 Å². The van der Waals surface area contributed by atoms with Gasteiger partial charge in [0.1, 0.15) is 5.69 Å². The molecule has 2 heterocycles. The predicted octanol–water partition coefficient (Wildman–Crippen LogP) is 4.14. The van der Waals surface area contributed by atoms with Crippen LogP contribution in [0.1, 0.15) is 39.5 Å². The third-order valence-corrected chi connectivity index (χ3v) is 6.76. The van der Waals surface area contributed by atoms with E-state index >= 15 is 0 Å². The first kappa shape index (κ1) is 22.0. The van der Waals surface area contributed by atoms with Crippen LogP contribution < -0.4 is 5.32 Å². The molecule has 2 aliphatic rings. The molecule has 1 aromatic carbocycles. The molecule has 2 amide bonds. The van der Waals surface area contributed by atoms with Crippen molar-refractivity contribution in [3.8, 4) is 5.69 Å². The van der Waals surface area contributed by atoms with E-state index in [-0.39, 0.29) is 23.7 Å².